The van der Waals surface area contributed by atoms with Crippen LogP contribution in [0.3, 0.4) is 0 Å². The lowest BCUT2D eigenvalue weighted by molar-refractivity contribution is -0.140. The number of benzene rings is 2. The molecule has 0 N–H and O–H groups in total. The number of nitrogens with zero attached hydrogens (tertiary/aromatic N) is 1. The van der Waals surface area contributed by atoms with Gasteiger partial charge < -0.3 is 18.9 Å². The second-order valence-electron chi connectivity index (χ2n) is 6.84. The quantitative estimate of drug-likeness (QED) is 0.322. The van der Waals surface area contributed by atoms with E-state index in [-0.39, 0.29) is 35.3 Å². The number of ether oxygens (including phenoxy) is 4. The molecule has 0 aliphatic rings. The highest BCUT2D eigenvalue weighted by Crippen LogP contribution is 2.39. The minimum absolute atomic E-state index is 0.0820. The van der Waals surface area contributed by atoms with Gasteiger partial charge >= 0.3 is 5.97 Å². The van der Waals surface area contributed by atoms with Gasteiger partial charge in [0.25, 0.3) is 0 Å². The number of carbonyl (C=O) groups is 3. The van der Waals surface area contributed by atoms with Gasteiger partial charge in [-0.3, -0.25) is 14.4 Å². The van der Waals surface area contributed by atoms with Crippen molar-refractivity contribution in [2.75, 3.05) is 28.4 Å². The number of hydrogen-bond acceptors (Lipinski definition) is 9. The fraction of sp³-hybridized carbons (Fsp3) is 0.250. The van der Waals surface area contributed by atoms with Crippen molar-refractivity contribution < 1.29 is 33.3 Å². The number of methoxy groups -OCH3 is 4. The van der Waals surface area contributed by atoms with E-state index in [1.807, 2.05) is 5.38 Å². The molecule has 0 spiro atoms. The molecular formula is C24H23NO7S. The van der Waals surface area contributed by atoms with Gasteiger partial charge in [0.05, 0.1) is 34.9 Å². The van der Waals surface area contributed by atoms with Gasteiger partial charge in [0, 0.05) is 40.3 Å². The molecule has 0 fully saturated rings. The summed E-state index contributed by atoms with van der Waals surface area (Å²) in [4.78, 5) is 42.3. The molecule has 0 amide bonds. The Morgan fingerprint density at radius 1 is 0.879 bits per heavy atom. The molecule has 0 unspecified atom stereocenters. The summed E-state index contributed by atoms with van der Waals surface area (Å²) >= 11 is 1.42. The highest BCUT2D eigenvalue weighted by molar-refractivity contribution is 7.13. The van der Waals surface area contributed by atoms with Gasteiger partial charge in [-0.2, -0.15) is 0 Å². The van der Waals surface area contributed by atoms with Crippen molar-refractivity contribution in [2.45, 2.75) is 12.8 Å². The topological polar surface area (TPSA) is 101 Å². The minimum Gasteiger partial charge on any atom is -0.493 e. The summed E-state index contributed by atoms with van der Waals surface area (Å²) in [6.07, 6.45) is 1.50. The van der Waals surface area contributed by atoms with Gasteiger partial charge in [-0.25, -0.2) is 4.98 Å². The Hall–Kier alpha value is -3.72. The Morgan fingerprint density at radius 2 is 1.58 bits per heavy atom. The van der Waals surface area contributed by atoms with Gasteiger partial charge in [-0.05, 0) is 24.3 Å². The van der Waals surface area contributed by atoms with E-state index in [1.165, 1.54) is 51.9 Å². The molecule has 1 heterocycles. The first-order valence-electron chi connectivity index (χ1n) is 9.92. The summed E-state index contributed by atoms with van der Waals surface area (Å²) in [6, 6.07) is 8.01. The van der Waals surface area contributed by atoms with E-state index in [1.54, 1.807) is 24.4 Å². The van der Waals surface area contributed by atoms with Crippen LogP contribution in [-0.2, 0) is 9.53 Å². The average Bonchev–Trinajstić information content (AvgIpc) is 3.40. The Morgan fingerprint density at radius 3 is 2.12 bits per heavy atom. The molecule has 0 saturated carbocycles. The summed E-state index contributed by atoms with van der Waals surface area (Å²) in [7, 11) is 5.64. The van der Waals surface area contributed by atoms with Gasteiger partial charge in [0.2, 0.25) is 5.75 Å². The largest absolute Gasteiger partial charge is 0.493 e. The third-order valence-electron chi connectivity index (χ3n) is 4.95. The standard InChI is InChI=1S/C24H23NO7S/c1-29-19-12-15(13-20(30-2)23(19)32-4)22(28)17-11-14(24-25-9-10-33-24)5-6-16(17)18(26)7-8-21(27)31-3/h5-6,9-13H,7-8H2,1-4H3. The summed E-state index contributed by atoms with van der Waals surface area (Å²) in [5, 5.41) is 2.54. The molecule has 0 atom stereocenters. The smallest absolute Gasteiger partial charge is 0.305 e. The number of ketones is 2. The SMILES string of the molecule is COC(=O)CCC(=O)c1ccc(-c2nccs2)cc1C(=O)c1cc(OC)c(OC)c(OC)c1. The third-order valence-corrected chi connectivity index (χ3v) is 5.78. The molecule has 172 valence electrons. The summed E-state index contributed by atoms with van der Waals surface area (Å²) in [5.74, 6) is -0.275. The lowest BCUT2D eigenvalue weighted by atomic mass is 9.92. The molecule has 9 heteroatoms. The van der Waals surface area contributed by atoms with Gasteiger partial charge in [0.1, 0.15) is 5.01 Å². The molecule has 8 nitrogen and oxygen atoms in total. The van der Waals surface area contributed by atoms with Crippen molar-refractivity contribution in [3.05, 3.63) is 58.6 Å². The first-order valence-corrected chi connectivity index (χ1v) is 10.8. The molecule has 0 saturated heterocycles. The maximum atomic E-state index is 13.6. The number of hydrogen-bond donors (Lipinski definition) is 0. The van der Waals surface area contributed by atoms with E-state index in [2.05, 4.69) is 9.72 Å². The van der Waals surface area contributed by atoms with Crippen LogP contribution in [0.15, 0.2) is 41.9 Å². The molecule has 0 radical (unpaired) electrons. The van der Waals surface area contributed by atoms with E-state index in [0.717, 1.165) is 0 Å². The Kier molecular flexibility index (Phi) is 7.78. The Balaban J connectivity index is 2.10. The van der Waals surface area contributed by atoms with E-state index < -0.39 is 11.8 Å². The van der Waals surface area contributed by atoms with Crippen LogP contribution in [0.1, 0.15) is 39.1 Å². The van der Waals surface area contributed by atoms with Crippen LogP contribution >= 0.6 is 11.3 Å². The molecule has 3 rings (SSSR count). The zero-order chi connectivity index (χ0) is 24.0. The van der Waals surface area contributed by atoms with Crippen LogP contribution in [0, 0.1) is 0 Å². The van der Waals surface area contributed by atoms with Crippen molar-refractivity contribution in [1.82, 2.24) is 4.98 Å². The minimum atomic E-state index is -0.500. The highest BCUT2D eigenvalue weighted by atomic mass is 32.1. The highest BCUT2D eigenvalue weighted by Gasteiger charge is 2.23. The van der Waals surface area contributed by atoms with Gasteiger partial charge in [-0.15, -0.1) is 11.3 Å². The first kappa shape index (κ1) is 23.9. The average molecular weight is 470 g/mol. The van der Waals surface area contributed by atoms with Crippen molar-refractivity contribution in [3.63, 3.8) is 0 Å². The van der Waals surface area contributed by atoms with E-state index in [4.69, 9.17) is 14.2 Å². The maximum absolute atomic E-state index is 13.6. The number of rotatable bonds is 10. The first-order chi connectivity index (χ1) is 15.9. The van der Waals surface area contributed by atoms with Crippen LogP contribution in [-0.4, -0.2) is 51.0 Å². The Labute approximate surface area is 195 Å². The van der Waals surface area contributed by atoms with Crippen LogP contribution in [0.5, 0.6) is 17.2 Å². The lowest BCUT2D eigenvalue weighted by Crippen LogP contribution is -2.13. The van der Waals surface area contributed by atoms with Crippen molar-refractivity contribution in [3.8, 4) is 27.8 Å². The molecule has 2 aromatic carbocycles. The zero-order valence-corrected chi connectivity index (χ0v) is 19.5. The van der Waals surface area contributed by atoms with Crippen molar-refractivity contribution >= 4 is 28.9 Å². The fourth-order valence-corrected chi connectivity index (χ4v) is 3.93. The van der Waals surface area contributed by atoms with Gasteiger partial charge in [0.15, 0.2) is 23.1 Å². The monoisotopic (exact) mass is 469 g/mol. The predicted molar refractivity (Wildman–Crippen MR) is 123 cm³/mol. The van der Waals surface area contributed by atoms with Gasteiger partial charge in [-0.1, -0.05) is 6.07 Å². The molecule has 3 aromatic rings. The summed E-state index contributed by atoms with van der Waals surface area (Å²) in [6.45, 7) is 0. The Bertz CT molecular complexity index is 1150. The second-order valence-corrected chi connectivity index (χ2v) is 7.73. The van der Waals surface area contributed by atoms with Crippen LogP contribution in [0.25, 0.3) is 10.6 Å². The van der Waals surface area contributed by atoms with Crippen LogP contribution in [0.2, 0.25) is 0 Å². The number of aromatic nitrogens is 1. The molecule has 0 bridgehead atoms. The third kappa shape index (κ3) is 5.20. The molecule has 0 aliphatic carbocycles. The summed E-state index contributed by atoms with van der Waals surface area (Å²) < 4.78 is 20.7. The normalized spacial score (nSPS) is 10.4. The molecule has 33 heavy (non-hydrogen) atoms. The molecule has 0 aliphatic heterocycles. The van der Waals surface area contributed by atoms with Crippen LogP contribution < -0.4 is 14.2 Å². The number of carbonyl (C=O) groups excluding carboxylic acids is 3. The van der Waals surface area contributed by atoms with E-state index in [0.29, 0.717) is 27.8 Å². The van der Waals surface area contributed by atoms with Crippen LogP contribution in [0.4, 0.5) is 0 Å². The molecule has 1 aromatic heterocycles. The van der Waals surface area contributed by atoms with Crippen molar-refractivity contribution in [2.24, 2.45) is 0 Å². The number of esters is 1. The number of Topliss-reactive ketones (excluding diaryl/α,β-unsaturated/α-hetero) is 1. The van der Waals surface area contributed by atoms with E-state index >= 15 is 0 Å². The predicted octanol–water partition coefficient (Wildman–Crippen LogP) is 4.20. The maximum Gasteiger partial charge on any atom is 0.305 e. The second kappa shape index (κ2) is 10.7. The van der Waals surface area contributed by atoms with Crippen molar-refractivity contribution in [1.29, 1.82) is 0 Å². The number of thiazole rings is 1. The lowest BCUT2D eigenvalue weighted by Gasteiger charge is -2.15. The molecular weight excluding hydrogens is 446 g/mol. The zero-order valence-electron chi connectivity index (χ0n) is 18.7. The summed E-state index contributed by atoms with van der Waals surface area (Å²) in [5.41, 5.74) is 1.35. The fourth-order valence-electron chi connectivity index (χ4n) is 3.29. The van der Waals surface area contributed by atoms with E-state index in [9.17, 15) is 14.4 Å².